The van der Waals surface area contributed by atoms with Gasteiger partial charge in [-0.3, -0.25) is 14.5 Å². The van der Waals surface area contributed by atoms with E-state index < -0.39 is 23.5 Å². The predicted octanol–water partition coefficient (Wildman–Crippen LogP) is 5.22. The number of carbonyl (C=O) groups excluding carboxylic acids is 2. The maximum atomic E-state index is 13.9. The van der Waals surface area contributed by atoms with E-state index in [1.165, 1.54) is 30.2 Å². The zero-order valence-corrected chi connectivity index (χ0v) is 18.0. The fourth-order valence-corrected chi connectivity index (χ4v) is 3.85. The minimum Gasteiger partial charge on any atom is -0.507 e. The Balaban J connectivity index is 1.93. The van der Waals surface area contributed by atoms with Crippen LogP contribution in [-0.2, 0) is 9.59 Å². The Morgan fingerprint density at radius 3 is 2.32 bits per heavy atom. The molecule has 3 aromatic rings. The van der Waals surface area contributed by atoms with Crippen molar-refractivity contribution in [3.05, 3.63) is 99.8 Å². The number of nitrogens with zero attached hydrogens (tertiary/aromatic N) is 1. The number of amides is 1. The maximum absolute atomic E-state index is 13.9. The summed E-state index contributed by atoms with van der Waals surface area (Å²) in [6.45, 7) is 0. The average Bonchev–Trinajstić information content (AvgIpc) is 3.04. The Kier molecular flexibility index (Phi) is 5.61. The molecule has 0 aliphatic carbocycles. The van der Waals surface area contributed by atoms with Crippen LogP contribution in [0.5, 0.6) is 5.75 Å². The fourth-order valence-electron chi connectivity index (χ4n) is 3.59. The summed E-state index contributed by atoms with van der Waals surface area (Å²) in [4.78, 5) is 27.2. The molecule has 4 rings (SSSR count). The number of rotatable bonds is 4. The number of Topliss-reactive ketones (excluding diaryl/α,β-unsaturated/α-hetero) is 1. The van der Waals surface area contributed by atoms with Gasteiger partial charge in [0.15, 0.2) is 0 Å². The number of ketones is 1. The highest BCUT2D eigenvalue weighted by molar-refractivity contribution is 9.10. The zero-order valence-electron chi connectivity index (χ0n) is 16.4. The first-order chi connectivity index (χ1) is 14.9. The molecule has 0 spiro atoms. The lowest BCUT2D eigenvalue weighted by atomic mass is 9.95. The SMILES string of the molecule is COc1ccc(C2/C(=C(\O)c3ccc(Br)cc3)C(=O)C(=O)N2c2cccc(F)c2)cc1. The van der Waals surface area contributed by atoms with Gasteiger partial charge in [-0.05, 0) is 48.0 Å². The molecule has 0 aromatic heterocycles. The third-order valence-corrected chi connectivity index (χ3v) is 5.61. The highest BCUT2D eigenvalue weighted by Gasteiger charge is 2.47. The van der Waals surface area contributed by atoms with Gasteiger partial charge >= 0.3 is 0 Å². The molecule has 5 nitrogen and oxygen atoms in total. The van der Waals surface area contributed by atoms with Gasteiger partial charge in [-0.15, -0.1) is 0 Å². The van der Waals surface area contributed by atoms with Gasteiger partial charge in [-0.2, -0.15) is 0 Å². The molecule has 156 valence electrons. The molecule has 1 heterocycles. The van der Waals surface area contributed by atoms with Crippen LogP contribution >= 0.6 is 15.9 Å². The first-order valence-electron chi connectivity index (χ1n) is 9.37. The largest absolute Gasteiger partial charge is 0.507 e. The van der Waals surface area contributed by atoms with E-state index in [0.29, 0.717) is 16.9 Å². The van der Waals surface area contributed by atoms with Crippen LogP contribution in [0.1, 0.15) is 17.2 Å². The fraction of sp³-hybridized carbons (Fsp3) is 0.0833. The Morgan fingerprint density at radius 1 is 1.03 bits per heavy atom. The average molecular weight is 482 g/mol. The van der Waals surface area contributed by atoms with E-state index in [-0.39, 0.29) is 17.0 Å². The molecule has 1 aliphatic rings. The number of carbonyl (C=O) groups is 2. The van der Waals surface area contributed by atoms with Crippen LogP contribution in [0, 0.1) is 5.82 Å². The molecule has 1 N–H and O–H groups in total. The van der Waals surface area contributed by atoms with E-state index >= 15 is 0 Å². The van der Waals surface area contributed by atoms with Gasteiger partial charge in [-0.1, -0.05) is 46.3 Å². The van der Waals surface area contributed by atoms with Gasteiger partial charge in [0.2, 0.25) is 0 Å². The number of halogens is 2. The summed E-state index contributed by atoms with van der Waals surface area (Å²) < 4.78 is 19.9. The third-order valence-electron chi connectivity index (χ3n) is 5.08. The van der Waals surface area contributed by atoms with Crippen LogP contribution in [-0.4, -0.2) is 23.9 Å². The molecule has 1 unspecified atom stereocenters. The summed E-state index contributed by atoms with van der Waals surface area (Å²) in [5, 5.41) is 11.0. The summed E-state index contributed by atoms with van der Waals surface area (Å²) >= 11 is 3.33. The number of hydrogen-bond donors (Lipinski definition) is 1. The van der Waals surface area contributed by atoms with E-state index in [0.717, 1.165) is 4.47 Å². The summed E-state index contributed by atoms with van der Waals surface area (Å²) in [5.74, 6) is -1.93. The highest BCUT2D eigenvalue weighted by Crippen LogP contribution is 2.42. The van der Waals surface area contributed by atoms with Crippen LogP contribution in [0.2, 0.25) is 0 Å². The van der Waals surface area contributed by atoms with Gasteiger partial charge in [-0.25, -0.2) is 4.39 Å². The molecule has 0 bridgehead atoms. The summed E-state index contributed by atoms with van der Waals surface area (Å²) in [6.07, 6.45) is 0. The lowest BCUT2D eigenvalue weighted by Gasteiger charge is -2.25. The molecule has 7 heteroatoms. The van der Waals surface area contributed by atoms with Crippen LogP contribution in [0.25, 0.3) is 5.76 Å². The minimum absolute atomic E-state index is 0.0678. The van der Waals surface area contributed by atoms with E-state index in [9.17, 15) is 19.1 Å². The van der Waals surface area contributed by atoms with Crippen molar-refractivity contribution in [1.82, 2.24) is 0 Å². The van der Waals surface area contributed by atoms with Gasteiger partial charge < -0.3 is 9.84 Å². The van der Waals surface area contributed by atoms with Crippen molar-refractivity contribution in [3.8, 4) is 5.75 Å². The number of aliphatic hydroxyl groups is 1. The molecule has 1 atom stereocenters. The van der Waals surface area contributed by atoms with Gasteiger partial charge in [0, 0.05) is 15.7 Å². The number of anilines is 1. The Hall–Kier alpha value is -3.45. The number of ether oxygens (including phenoxy) is 1. The molecule has 3 aromatic carbocycles. The van der Waals surface area contributed by atoms with Crippen LogP contribution in [0.3, 0.4) is 0 Å². The molecular formula is C24H17BrFNO4. The quantitative estimate of drug-likeness (QED) is 0.315. The van der Waals surface area contributed by atoms with E-state index in [1.807, 2.05) is 0 Å². The molecule has 0 saturated carbocycles. The predicted molar refractivity (Wildman–Crippen MR) is 118 cm³/mol. The van der Waals surface area contributed by atoms with Crippen molar-refractivity contribution in [2.75, 3.05) is 12.0 Å². The first kappa shape index (κ1) is 20.8. The summed E-state index contributed by atoms with van der Waals surface area (Å²) in [6, 6.07) is 18.0. The van der Waals surface area contributed by atoms with Crippen LogP contribution < -0.4 is 9.64 Å². The monoisotopic (exact) mass is 481 g/mol. The summed E-state index contributed by atoms with van der Waals surface area (Å²) in [7, 11) is 1.53. The highest BCUT2D eigenvalue weighted by atomic mass is 79.9. The smallest absolute Gasteiger partial charge is 0.300 e. The van der Waals surface area contributed by atoms with E-state index in [4.69, 9.17) is 4.74 Å². The molecular weight excluding hydrogens is 465 g/mol. The van der Waals surface area contributed by atoms with E-state index in [1.54, 1.807) is 54.6 Å². The zero-order chi connectivity index (χ0) is 22.1. The molecule has 1 aliphatic heterocycles. The first-order valence-corrected chi connectivity index (χ1v) is 10.2. The number of methoxy groups -OCH3 is 1. The van der Waals surface area contributed by atoms with Gasteiger partial charge in [0.25, 0.3) is 11.7 Å². The number of hydrogen-bond acceptors (Lipinski definition) is 4. The minimum atomic E-state index is -0.934. The molecule has 31 heavy (non-hydrogen) atoms. The van der Waals surface area contributed by atoms with Crippen molar-refractivity contribution < 1.29 is 23.8 Å². The van der Waals surface area contributed by atoms with Crippen LogP contribution in [0.4, 0.5) is 10.1 Å². The Labute approximate surface area is 186 Å². The molecule has 1 amide bonds. The topological polar surface area (TPSA) is 66.8 Å². The van der Waals surface area contributed by atoms with Crippen molar-refractivity contribution in [2.24, 2.45) is 0 Å². The standard InChI is InChI=1S/C24H17BrFNO4/c1-31-19-11-7-14(8-12-19)21-20(22(28)15-5-9-16(25)10-6-15)23(29)24(30)27(21)18-4-2-3-17(26)13-18/h2-13,21,28H,1H3/b22-20+. The Morgan fingerprint density at radius 2 is 1.71 bits per heavy atom. The molecule has 1 saturated heterocycles. The summed E-state index contributed by atoms with van der Waals surface area (Å²) in [5.41, 5.74) is 1.11. The van der Waals surface area contributed by atoms with Crippen molar-refractivity contribution >= 4 is 39.1 Å². The molecule has 1 fully saturated rings. The van der Waals surface area contributed by atoms with E-state index in [2.05, 4.69) is 15.9 Å². The lowest BCUT2D eigenvalue weighted by Crippen LogP contribution is -2.29. The third kappa shape index (κ3) is 3.84. The second-order valence-corrected chi connectivity index (χ2v) is 7.84. The lowest BCUT2D eigenvalue weighted by molar-refractivity contribution is -0.132. The van der Waals surface area contributed by atoms with Crippen molar-refractivity contribution in [1.29, 1.82) is 0 Å². The number of benzene rings is 3. The second-order valence-electron chi connectivity index (χ2n) is 6.93. The van der Waals surface area contributed by atoms with Crippen LogP contribution in [0.15, 0.2) is 82.8 Å². The van der Waals surface area contributed by atoms with Crippen molar-refractivity contribution in [2.45, 2.75) is 6.04 Å². The number of aliphatic hydroxyl groups excluding tert-OH is 1. The van der Waals surface area contributed by atoms with Gasteiger partial charge in [0.1, 0.15) is 17.3 Å². The molecule has 0 radical (unpaired) electrons. The Bertz CT molecular complexity index is 1190. The van der Waals surface area contributed by atoms with Crippen molar-refractivity contribution in [3.63, 3.8) is 0 Å². The normalized spacial score (nSPS) is 17.8. The maximum Gasteiger partial charge on any atom is 0.300 e. The van der Waals surface area contributed by atoms with Gasteiger partial charge in [0.05, 0.1) is 18.7 Å². The second kappa shape index (κ2) is 8.35.